The van der Waals surface area contributed by atoms with Gasteiger partial charge in [-0.15, -0.1) is 0 Å². The van der Waals surface area contributed by atoms with E-state index in [4.69, 9.17) is 17.3 Å². The number of rotatable bonds is 3. The summed E-state index contributed by atoms with van der Waals surface area (Å²) in [7, 11) is 0. The summed E-state index contributed by atoms with van der Waals surface area (Å²) in [6, 6.07) is 12.2. The maximum absolute atomic E-state index is 6.02. The van der Waals surface area contributed by atoms with Crippen molar-refractivity contribution in [3.63, 3.8) is 0 Å². The molecule has 3 N–H and O–H groups in total. The molecule has 0 saturated heterocycles. The second-order valence-electron chi connectivity index (χ2n) is 4.53. The largest absolute Gasteiger partial charge is 0.397 e. The second-order valence-corrected chi connectivity index (χ2v) is 4.94. The highest BCUT2D eigenvalue weighted by Gasteiger charge is 2.03. The topological polar surface area (TPSA) is 38.0 Å². The maximum Gasteiger partial charge on any atom is 0.0580 e. The molecule has 2 aromatic carbocycles. The molecule has 2 nitrogen and oxygen atoms in total. The van der Waals surface area contributed by atoms with Crippen LogP contribution in [-0.4, -0.2) is 0 Å². The van der Waals surface area contributed by atoms with Gasteiger partial charge < -0.3 is 11.1 Å². The summed E-state index contributed by atoms with van der Waals surface area (Å²) in [6.45, 7) is 4.82. The van der Waals surface area contributed by atoms with E-state index in [0.29, 0.717) is 10.7 Å². The fourth-order valence-electron chi connectivity index (χ4n) is 1.87. The number of halogens is 1. The van der Waals surface area contributed by atoms with Crippen LogP contribution in [-0.2, 0) is 6.54 Å². The molecule has 0 heterocycles. The first-order chi connectivity index (χ1) is 8.56. The van der Waals surface area contributed by atoms with Crippen molar-refractivity contribution in [3.05, 3.63) is 58.1 Å². The van der Waals surface area contributed by atoms with E-state index in [1.54, 1.807) is 6.07 Å². The Morgan fingerprint density at radius 1 is 1.17 bits per heavy atom. The summed E-state index contributed by atoms with van der Waals surface area (Å²) < 4.78 is 0. The van der Waals surface area contributed by atoms with Crippen molar-refractivity contribution in [2.75, 3.05) is 11.1 Å². The Morgan fingerprint density at radius 3 is 2.67 bits per heavy atom. The van der Waals surface area contributed by atoms with E-state index in [1.807, 2.05) is 13.0 Å². The van der Waals surface area contributed by atoms with Crippen LogP contribution in [0.5, 0.6) is 0 Å². The quantitative estimate of drug-likeness (QED) is 0.814. The summed E-state index contributed by atoms with van der Waals surface area (Å²) in [5.74, 6) is 0. The van der Waals surface area contributed by atoms with Crippen LogP contribution in [0.3, 0.4) is 0 Å². The van der Waals surface area contributed by atoms with Gasteiger partial charge in [-0.05, 0) is 37.1 Å². The molecular formula is C15H17ClN2. The lowest BCUT2D eigenvalue weighted by atomic mass is 10.1. The molecule has 3 heteroatoms. The first-order valence-corrected chi connectivity index (χ1v) is 6.29. The molecule has 0 aliphatic carbocycles. The molecule has 2 rings (SSSR count). The minimum atomic E-state index is 0.679. The van der Waals surface area contributed by atoms with Crippen LogP contribution < -0.4 is 11.1 Å². The van der Waals surface area contributed by atoms with Crippen molar-refractivity contribution >= 4 is 23.0 Å². The van der Waals surface area contributed by atoms with Crippen LogP contribution >= 0.6 is 11.6 Å². The third-order valence-electron chi connectivity index (χ3n) is 2.90. The standard InChI is InChI=1S/C15H17ClN2/c1-10-4-3-5-12(6-10)9-18-15-7-11(2)13(16)8-14(15)17/h3-8,18H,9,17H2,1-2H3. The van der Waals surface area contributed by atoms with Gasteiger partial charge in [0.05, 0.1) is 11.4 Å². The SMILES string of the molecule is Cc1cccc(CNc2cc(C)c(Cl)cc2N)c1. The Morgan fingerprint density at radius 2 is 1.94 bits per heavy atom. The van der Waals surface area contributed by atoms with Crippen LogP contribution in [0.2, 0.25) is 5.02 Å². The Labute approximate surface area is 113 Å². The fourth-order valence-corrected chi connectivity index (χ4v) is 2.04. The predicted molar refractivity (Wildman–Crippen MR) is 79.1 cm³/mol. The summed E-state index contributed by atoms with van der Waals surface area (Å²) in [5.41, 5.74) is 11.1. The van der Waals surface area contributed by atoms with Gasteiger partial charge in [-0.2, -0.15) is 0 Å². The molecule has 0 radical (unpaired) electrons. The number of nitrogens with one attached hydrogen (secondary N) is 1. The van der Waals surface area contributed by atoms with Gasteiger partial charge in [0.15, 0.2) is 0 Å². The van der Waals surface area contributed by atoms with E-state index in [2.05, 4.69) is 36.5 Å². The number of aryl methyl sites for hydroxylation is 2. The molecule has 0 unspecified atom stereocenters. The van der Waals surface area contributed by atoms with Crippen LogP contribution in [0, 0.1) is 13.8 Å². The number of benzene rings is 2. The summed E-state index contributed by atoms with van der Waals surface area (Å²) in [6.07, 6.45) is 0. The number of hydrogen-bond donors (Lipinski definition) is 2. The van der Waals surface area contributed by atoms with Gasteiger partial charge in [0, 0.05) is 11.6 Å². The van der Waals surface area contributed by atoms with E-state index in [0.717, 1.165) is 17.8 Å². The number of hydrogen-bond acceptors (Lipinski definition) is 2. The maximum atomic E-state index is 6.02. The third-order valence-corrected chi connectivity index (χ3v) is 3.30. The molecule has 0 amide bonds. The normalized spacial score (nSPS) is 10.4. The molecule has 0 saturated carbocycles. The molecule has 0 spiro atoms. The minimum absolute atomic E-state index is 0.679. The highest BCUT2D eigenvalue weighted by atomic mass is 35.5. The van der Waals surface area contributed by atoms with Crippen molar-refractivity contribution < 1.29 is 0 Å². The van der Waals surface area contributed by atoms with Crippen LogP contribution in [0.4, 0.5) is 11.4 Å². The minimum Gasteiger partial charge on any atom is -0.397 e. The zero-order valence-corrected chi connectivity index (χ0v) is 11.4. The fraction of sp³-hybridized carbons (Fsp3) is 0.200. The summed E-state index contributed by atoms with van der Waals surface area (Å²) >= 11 is 6.02. The zero-order valence-electron chi connectivity index (χ0n) is 10.6. The van der Waals surface area contributed by atoms with Crippen molar-refractivity contribution in [1.82, 2.24) is 0 Å². The first kappa shape index (κ1) is 12.8. The molecule has 0 atom stereocenters. The molecule has 0 aromatic heterocycles. The summed E-state index contributed by atoms with van der Waals surface area (Å²) in [5, 5.41) is 4.04. The summed E-state index contributed by atoms with van der Waals surface area (Å²) in [4.78, 5) is 0. The second kappa shape index (κ2) is 5.32. The Hall–Kier alpha value is -1.67. The lowest BCUT2D eigenvalue weighted by molar-refractivity contribution is 1.14. The van der Waals surface area contributed by atoms with Gasteiger partial charge in [0.1, 0.15) is 0 Å². The van der Waals surface area contributed by atoms with E-state index in [1.165, 1.54) is 11.1 Å². The van der Waals surface area contributed by atoms with Crippen LogP contribution in [0.15, 0.2) is 36.4 Å². The first-order valence-electron chi connectivity index (χ1n) is 5.91. The van der Waals surface area contributed by atoms with Crippen LogP contribution in [0.25, 0.3) is 0 Å². The average molecular weight is 261 g/mol. The lowest BCUT2D eigenvalue weighted by Crippen LogP contribution is -2.03. The number of nitrogen functional groups attached to an aromatic ring is 1. The van der Waals surface area contributed by atoms with Crippen molar-refractivity contribution in [2.24, 2.45) is 0 Å². The van der Waals surface area contributed by atoms with Crippen molar-refractivity contribution in [3.8, 4) is 0 Å². The van der Waals surface area contributed by atoms with Gasteiger partial charge in [-0.25, -0.2) is 0 Å². The van der Waals surface area contributed by atoms with Crippen molar-refractivity contribution in [1.29, 1.82) is 0 Å². The average Bonchev–Trinajstić information content (AvgIpc) is 2.32. The highest BCUT2D eigenvalue weighted by molar-refractivity contribution is 6.31. The molecule has 94 valence electrons. The molecular weight excluding hydrogens is 244 g/mol. The van der Waals surface area contributed by atoms with E-state index in [9.17, 15) is 0 Å². The molecule has 0 bridgehead atoms. The Bertz CT molecular complexity index is 564. The van der Waals surface area contributed by atoms with Gasteiger partial charge in [0.2, 0.25) is 0 Å². The molecule has 0 fully saturated rings. The Kier molecular flexibility index (Phi) is 3.78. The van der Waals surface area contributed by atoms with E-state index < -0.39 is 0 Å². The van der Waals surface area contributed by atoms with Crippen LogP contribution in [0.1, 0.15) is 16.7 Å². The van der Waals surface area contributed by atoms with E-state index >= 15 is 0 Å². The number of anilines is 2. The molecule has 0 aliphatic heterocycles. The van der Waals surface area contributed by atoms with Gasteiger partial charge in [-0.1, -0.05) is 41.4 Å². The highest BCUT2D eigenvalue weighted by Crippen LogP contribution is 2.27. The van der Waals surface area contributed by atoms with Gasteiger partial charge in [-0.3, -0.25) is 0 Å². The zero-order chi connectivity index (χ0) is 13.1. The predicted octanol–water partition coefficient (Wildman–Crippen LogP) is 4.15. The molecule has 2 aromatic rings. The van der Waals surface area contributed by atoms with Gasteiger partial charge in [0.25, 0.3) is 0 Å². The monoisotopic (exact) mass is 260 g/mol. The lowest BCUT2D eigenvalue weighted by Gasteiger charge is -2.11. The molecule has 18 heavy (non-hydrogen) atoms. The number of nitrogens with two attached hydrogens (primary N) is 1. The molecule has 0 aliphatic rings. The van der Waals surface area contributed by atoms with Crippen molar-refractivity contribution in [2.45, 2.75) is 20.4 Å². The van der Waals surface area contributed by atoms with Gasteiger partial charge >= 0.3 is 0 Å². The third kappa shape index (κ3) is 2.96. The Balaban J connectivity index is 2.13. The van der Waals surface area contributed by atoms with E-state index in [-0.39, 0.29) is 0 Å². The smallest absolute Gasteiger partial charge is 0.0580 e.